The van der Waals surface area contributed by atoms with Crippen molar-refractivity contribution in [2.45, 2.75) is 19.9 Å². The van der Waals surface area contributed by atoms with Crippen LogP contribution >= 0.6 is 0 Å². The van der Waals surface area contributed by atoms with Crippen LogP contribution in [0.4, 0.5) is 17.5 Å². The molecule has 1 aromatic heterocycles. The van der Waals surface area contributed by atoms with Gasteiger partial charge in [0, 0.05) is 18.8 Å². The van der Waals surface area contributed by atoms with Crippen molar-refractivity contribution < 1.29 is 0 Å². The second kappa shape index (κ2) is 6.28. The number of rotatable bonds is 4. The van der Waals surface area contributed by atoms with Crippen molar-refractivity contribution in [2.75, 3.05) is 16.8 Å². The van der Waals surface area contributed by atoms with Crippen molar-refractivity contribution in [3.05, 3.63) is 71.4 Å². The highest BCUT2D eigenvalue weighted by atomic mass is 15.3. The Kier molecular flexibility index (Phi) is 3.83. The molecule has 5 nitrogen and oxygen atoms in total. The van der Waals surface area contributed by atoms with E-state index in [1.165, 1.54) is 22.4 Å². The van der Waals surface area contributed by atoms with Crippen LogP contribution in [-0.2, 0) is 13.0 Å². The molecule has 120 valence electrons. The van der Waals surface area contributed by atoms with Crippen molar-refractivity contribution in [1.29, 1.82) is 0 Å². The van der Waals surface area contributed by atoms with Gasteiger partial charge in [-0.2, -0.15) is 10.1 Å². The second-order valence-corrected chi connectivity index (χ2v) is 6.01. The molecule has 4 rings (SSSR count). The molecule has 1 aliphatic heterocycles. The zero-order valence-corrected chi connectivity index (χ0v) is 13.6. The van der Waals surface area contributed by atoms with Crippen molar-refractivity contribution in [1.82, 2.24) is 15.2 Å². The molecule has 2 heterocycles. The van der Waals surface area contributed by atoms with Gasteiger partial charge in [0.15, 0.2) is 5.82 Å². The minimum atomic E-state index is 0.554. The zero-order valence-electron chi connectivity index (χ0n) is 13.6. The molecular formula is C19H19N5. The molecule has 2 aromatic carbocycles. The predicted octanol–water partition coefficient (Wildman–Crippen LogP) is 3.49. The molecule has 0 aliphatic carbocycles. The fraction of sp³-hybridized carbons (Fsp3) is 0.211. The molecule has 0 atom stereocenters. The van der Waals surface area contributed by atoms with Gasteiger partial charge in [0.2, 0.25) is 5.95 Å². The Balaban J connectivity index is 1.52. The Labute approximate surface area is 141 Å². The first-order valence-electron chi connectivity index (χ1n) is 8.14. The molecule has 1 N–H and O–H groups in total. The predicted molar refractivity (Wildman–Crippen MR) is 95.5 cm³/mol. The quantitative estimate of drug-likeness (QED) is 0.798. The zero-order chi connectivity index (χ0) is 16.4. The minimum Gasteiger partial charge on any atom is -0.349 e. The standard InChI is InChI=1S/C19H19N5/c1-14-5-4-6-15(11-14)12-20-19-22-18(13-21-23-19)24-10-9-16-7-2-3-8-17(16)24/h2-8,11,13H,9-10,12H2,1H3,(H,20,22,23). The molecule has 0 unspecified atom stereocenters. The molecule has 0 saturated carbocycles. The smallest absolute Gasteiger partial charge is 0.244 e. The van der Waals surface area contributed by atoms with E-state index in [2.05, 4.69) is 80.9 Å². The van der Waals surface area contributed by atoms with E-state index >= 15 is 0 Å². The summed E-state index contributed by atoms with van der Waals surface area (Å²) in [7, 11) is 0. The highest BCUT2D eigenvalue weighted by Crippen LogP contribution is 2.32. The van der Waals surface area contributed by atoms with Crippen LogP contribution in [0.15, 0.2) is 54.7 Å². The summed E-state index contributed by atoms with van der Waals surface area (Å²) < 4.78 is 0. The van der Waals surface area contributed by atoms with Crippen LogP contribution in [-0.4, -0.2) is 21.7 Å². The van der Waals surface area contributed by atoms with E-state index in [1.807, 2.05) is 0 Å². The van der Waals surface area contributed by atoms with E-state index in [1.54, 1.807) is 6.20 Å². The fourth-order valence-electron chi connectivity index (χ4n) is 3.08. The summed E-state index contributed by atoms with van der Waals surface area (Å²) in [4.78, 5) is 6.83. The Morgan fingerprint density at radius 1 is 1.12 bits per heavy atom. The van der Waals surface area contributed by atoms with Gasteiger partial charge in [0.05, 0.1) is 6.20 Å². The highest BCUT2D eigenvalue weighted by Gasteiger charge is 2.21. The normalized spacial score (nSPS) is 13.0. The lowest BCUT2D eigenvalue weighted by Gasteiger charge is -2.18. The third-order valence-corrected chi connectivity index (χ3v) is 4.24. The lowest BCUT2D eigenvalue weighted by Crippen LogP contribution is -2.16. The van der Waals surface area contributed by atoms with Crippen molar-refractivity contribution in [3.63, 3.8) is 0 Å². The minimum absolute atomic E-state index is 0.554. The number of aromatic nitrogens is 3. The largest absolute Gasteiger partial charge is 0.349 e. The van der Waals surface area contributed by atoms with Crippen LogP contribution in [0, 0.1) is 6.92 Å². The molecule has 1 aliphatic rings. The Morgan fingerprint density at radius 3 is 2.96 bits per heavy atom. The molecule has 0 bridgehead atoms. The summed E-state index contributed by atoms with van der Waals surface area (Å²) in [5.41, 5.74) is 5.01. The van der Waals surface area contributed by atoms with Crippen molar-refractivity contribution in [3.8, 4) is 0 Å². The van der Waals surface area contributed by atoms with Crippen LogP contribution < -0.4 is 10.2 Å². The van der Waals surface area contributed by atoms with Gasteiger partial charge in [-0.05, 0) is 30.5 Å². The molecule has 0 amide bonds. The van der Waals surface area contributed by atoms with E-state index in [9.17, 15) is 0 Å². The van der Waals surface area contributed by atoms with E-state index in [0.29, 0.717) is 12.5 Å². The van der Waals surface area contributed by atoms with Crippen LogP contribution in [0.3, 0.4) is 0 Å². The Morgan fingerprint density at radius 2 is 2.04 bits per heavy atom. The lowest BCUT2D eigenvalue weighted by molar-refractivity contribution is 0.904. The molecule has 3 aromatic rings. The SMILES string of the molecule is Cc1cccc(CNc2nncc(N3CCc4ccccc43)n2)c1. The van der Waals surface area contributed by atoms with E-state index in [4.69, 9.17) is 0 Å². The van der Waals surface area contributed by atoms with Gasteiger partial charge in [-0.25, -0.2) is 0 Å². The van der Waals surface area contributed by atoms with Gasteiger partial charge >= 0.3 is 0 Å². The summed E-state index contributed by atoms with van der Waals surface area (Å²) in [6.45, 7) is 3.70. The molecule has 0 fully saturated rings. The number of benzene rings is 2. The molecular weight excluding hydrogens is 298 g/mol. The summed E-state index contributed by atoms with van der Waals surface area (Å²) >= 11 is 0. The summed E-state index contributed by atoms with van der Waals surface area (Å²) in [5, 5.41) is 11.5. The monoisotopic (exact) mass is 317 g/mol. The van der Waals surface area contributed by atoms with E-state index in [0.717, 1.165) is 18.8 Å². The first kappa shape index (κ1) is 14.6. The van der Waals surface area contributed by atoms with Gasteiger partial charge < -0.3 is 10.2 Å². The maximum Gasteiger partial charge on any atom is 0.244 e. The molecule has 0 spiro atoms. The summed E-state index contributed by atoms with van der Waals surface area (Å²) in [6.07, 6.45) is 2.76. The van der Waals surface area contributed by atoms with Crippen LogP contribution in [0.2, 0.25) is 0 Å². The Bertz CT molecular complexity index is 862. The molecule has 0 radical (unpaired) electrons. The van der Waals surface area contributed by atoms with Gasteiger partial charge in [-0.3, -0.25) is 0 Å². The first-order valence-corrected chi connectivity index (χ1v) is 8.14. The number of hydrogen-bond donors (Lipinski definition) is 1. The van der Waals surface area contributed by atoms with Crippen molar-refractivity contribution >= 4 is 17.5 Å². The van der Waals surface area contributed by atoms with Gasteiger partial charge in [0.25, 0.3) is 0 Å². The maximum absolute atomic E-state index is 4.63. The average molecular weight is 317 g/mol. The van der Waals surface area contributed by atoms with Crippen LogP contribution in [0.5, 0.6) is 0 Å². The van der Waals surface area contributed by atoms with E-state index < -0.39 is 0 Å². The number of nitrogens with one attached hydrogen (secondary N) is 1. The Hall–Kier alpha value is -2.95. The number of nitrogens with zero attached hydrogens (tertiary/aromatic N) is 4. The van der Waals surface area contributed by atoms with E-state index in [-0.39, 0.29) is 0 Å². The number of para-hydroxylation sites is 1. The van der Waals surface area contributed by atoms with Crippen molar-refractivity contribution in [2.24, 2.45) is 0 Å². The summed E-state index contributed by atoms with van der Waals surface area (Å²) in [5.74, 6) is 1.39. The lowest BCUT2D eigenvalue weighted by atomic mass is 10.1. The van der Waals surface area contributed by atoms with Gasteiger partial charge in [0.1, 0.15) is 0 Å². The number of anilines is 3. The fourth-order valence-corrected chi connectivity index (χ4v) is 3.08. The second-order valence-electron chi connectivity index (χ2n) is 6.01. The van der Waals surface area contributed by atoms with Gasteiger partial charge in [-0.1, -0.05) is 48.0 Å². The molecule has 5 heteroatoms. The first-order chi connectivity index (χ1) is 11.8. The third-order valence-electron chi connectivity index (χ3n) is 4.24. The number of aryl methyl sites for hydroxylation is 1. The van der Waals surface area contributed by atoms with Crippen LogP contribution in [0.1, 0.15) is 16.7 Å². The molecule has 0 saturated heterocycles. The molecule has 24 heavy (non-hydrogen) atoms. The van der Waals surface area contributed by atoms with Crippen LogP contribution in [0.25, 0.3) is 0 Å². The maximum atomic E-state index is 4.63. The highest BCUT2D eigenvalue weighted by molar-refractivity contribution is 5.67. The average Bonchev–Trinajstić information content (AvgIpc) is 3.04. The summed E-state index contributed by atoms with van der Waals surface area (Å²) in [6, 6.07) is 16.8. The van der Waals surface area contributed by atoms with Gasteiger partial charge in [-0.15, -0.1) is 5.10 Å². The topological polar surface area (TPSA) is 53.9 Å². The number of hydrogen-bond acceptors (Lipinski definition) is 5. The number of fused-ring (bicyclic) bond motifs is 1. The third kappa shape index (κ3) is 2.93.